The zero-order valence-electron chi connectivity index (χ0n) is 19.5. The van der Waals surface area contributed by atoms with Gasteiger partial charge in [-0.3, -0.25) is 19.2 Å². The van der Waals surface area contributed by atoms with Crippen LogP contribution in [0.5, 0.6) is 0 Å². The third kappa shape index (κ3) is 8.10. The first-order chi connectivity index (χ1) is 16.5. The lowest BCUT2D eigenvalue weighted by molar-refractivity contribution is -0.143. The summed E-state index contributed by atoms with van der Waals surface area (Å²) < 4.78 is 0. The van der Waals surface area contributed by atoms with Crippen LogP contribution in [0.3, 0.4) is 0 Å². The van der Waals surface area contributed by atoms with Gasteiger partial charge in [-0.15, -0.1) is 0 Å². The van der Waals surface area contributed by atoms with Crippen molar-refractivity contribution in [3.63, 3.8) is 0 Å². The third-order valence-electron chi connectivity index (χ3n) is 5.46. The molecule has 0 spiro atoms. The number of fused-ring (bicyclic) bond motifs is 1. The van der Waals surface area contributed by atoms with E-state index in [1.165, 1.54) is 0 Å². The number of carbonyl (C=O) groups excluding carboxylic acids is 3. The quantitative estimate of drug-likeness (QED) is 0.199. The van der Waals surface area contributed by atoms with Gasteiger partial charge in [-0.25, -0.2) is 4.79 Å². The number of aromatic nitrogens is 1. The van der Waals surface area contributed by atoms with Gasteiger partial charge in [0.2, 0.25) is 17.7 Å². The second-order valence-electron chi connectivity index (χ2n) is 8.50. The number of aliphatic carboxylic acids is 2. The molecule has 0 aliphatic rings. The fraction of sp³-hybridized carbons (Fsp3) is 0.435. The molecule has 3 amide bonds. The molecule has 0 bridgehead atoms. The fourth-order valence-electron chi connectivity index (χ4n) is 3.36. The predicted molar refractivity (Wildman–Crippen MR) is 126 cm³/mol. The average molecular weight is 490 g/mol. The third-order valence-corrected chi connectivity index (χ3v) is 5.46. The number of carboxylic acids is 2. The van der Waals surface area contributed by atoms with Crippen LogP contribution >= 0.6 is 0 Å². The van der Waals surface area contributed by atoms with E-state index in [1.54, 1.807) is 26.1 Å². The molecule has 1 aromatic heterocycles. The Morgan fingerprint density at radius 3 is 2.31 bits per heavy atom. The Morgan fingerprint density at radius 2 is 1.69 bits per heavy atom. The van der Waals surface area contributed by atoms with Crippen molar-refractivity contribution in [2.24, 2.45) is 11.7 Å². The van der Waals surface area contributed by atoms with E-state index in [1.807, 2.05) is 18.2 Å². The number of carbonyl (C=O) groups is 5. The number of rotatable bonds is 13. The number of hydrogen-bond acceptors (Lipinski definition) is 6. The normalized spacial score (nSPS) is 13.6. The van der Waals surface area contributed by atoms with Gasteiger partial charge < -0.3 is 36.9 Å². The van der Waals surface area contributed by atoms with Crippen molar-refractivity contribution in [2.45, 2.75) is 51.2 Å². The summed E-state index contributed by atoms with van der Waals surface area (Å²) in [5.41, 5.74) is 7.20. The van der Waals surface area contributed by atoms with Crippen molar-refractivity contribution in [3.05, 3.63) is 36.0 Å². The summed E-state index contributed by atoms with van der Waals surface area (Å²) >= 11 is 0. The molecule has 2 aromatic rings. The van der Waals surface area contributed by atoms with Crippen molar-refractivity contribution in [1.29, 1.82) is 0 Å². The Balaban J connectivity index is 2.07. The van der Waals surface area contributed by atoms with Gasteiger partial charge in [0.05, 0.1) is 12.6 Å². The van der Waals surface area contributed by atoms with Crippen LogP contribution in [0.1, 0.15) is 32.3 Å². The van der Waals surface area contributed by atoms with Crippen LogP contribution in [-0.4, -0.2) is 69.5 Å². The minimum Gasteiger partial charge on any atom is -0.481 e. The second kappa shape index (κ2) is 12.5. The first kappa shape index (κ1) is 27.3. The molecule has 0 fully saturated rings. The molecule has 3 atom stereocenters. The van der Waals surface area contributed by atoms with Gasteiger partial charge in [-0.2, -0.15) is 0 Å². The lowest BCUT2D eigenvalue weighted by atomic mass is 10.0. The smallest absolute Gasteiger partial charge is 0.326 e. The highest BCUT2D eigenvalue weighted by Crippen LogP contribution is 2.19. The first-order valence-electron chi connectivity index (χ1n) is 11.1. The van der Waals surface area contributed by atoms with Gasteiger partial charge >= 0.3 is 11.9 Å². The van der Waals surface area contributed by atoms with E-state index in [9.17, 15) is 29.1 Å². The Labute approximate surface area is 201 Å². The van der Waals surface area contributed by atoms with Gasteiger partial charge in [0.1, 0.15) is 12.1 Å². The number of para-hydroxylation sites is 1. The van der Waals surface area contributed by atoms with E-state index in [0.717, 1.165) is 10.9 Å². The number of benzene rings is 1. The summed E-state index contributed by atoms with van der Waals surface area (Å²) in [5, 5.41) is 26.5. The lowest BCUT2D eigenvalue weighted by Crippen LogP contribution is -2.54. The Kier molecular flexibility index (Phi) is 9.76. The van der Waals surface area contributed by atoms with E-state index in [4.69, 9.17) is 10.8 Å². The molecular weight excluding hydrogens is 458 g/mol. The molecular formula is C23H31N5O7. The first-order valence-corrected chi connectivity index (χ1v) is 11.1. The molecule has 12 heteroatoms. The Morgan fingerprint density at radius 1 is 1.00 bits per heavy atom. The molecule has 1 heterocycles. The molecule has 35 heavy (non-hydrogen) atoms. The molecule has 0 saturated carbocycles. The van der Waals surface area contributed by atoms with Crippen LogP contribution in [0.15, 0.2) is 30.5 Å². The van der Waals surface area contributed by atoms with E-state index >= 15 is 0 Å². The molecule has 190 valence electrons. The summed E-state index contributed by atoms with van der Waals surface area (Å²) in [4.78, 5) is 63.0. The van der Waals surface area contributed by atoms with Crippen LogP contribution in [-0.2, 0) is 30.4 Å². The van der Waals surface area contributed by atoms with Crippen molar-refractivity contribution in [3.8, 4) is 0 Å². The van der Waals surface area contributed by atoms with E-state index < -0.39 is 60.8 Å². The summed E-state index contributed by atoms with van der Waals surface area (Å²) in [7, 11) is 0. The van der Waals surface area contributed by atoms with Crippen LogP contribution in [0.4, 0.5) is 0 Å². The number of H-pyrrole nitrogens is 1. The minimum atomic E-state index is -1.32. The SMILES string of the molecule is CC(C)C(N)C(=O)NCC(=O)NC(CCC(=O)O)C(=O)NC(Cc1c[nH]c2ccccc12)C(=O)O. The van der Waals surface area contributed by atoms with Gasteiger partial charge in [0.15, 0.2) is 0 Å². The zero-order valence-corrected chi connectivity index (χ0v) is 19.5. The predicted octanol–water partition coefficient (Wildman–Crippen LogP) is -0.271. The highest BCUT2D eigenvalue weighted by atomic mass is 16.4. The minimum absolute atomic E-state index is 0.0339. The topological polar surface area (TPSA) is 204 Å². The van der Waals surface area contributed by atoms with Gasteiger partial charge in [-0.1, -0.05) is 32.0 Å². The summed E-state index contributed by atoms with van der Waals surface area (Å²) in [6.07, 6.45) is 0.906. The molecule has 2 rings (SSSR count). The molecule has 12 nitrogen and oxygen atoms in total. The second-order valence-corrected chi connectivity index (χ2v) is 8.50. The van der Waals surface area contributed by atoms with Crippen molar-refractivity contribution in [1.82, 2.24) is 20.9 Å². The van der Waals surface area contributed by atoms with Crippen LogP contribution in [0.2, 0.25) is 0 Å². The Hall–Kier alpha value is -3.93. The summed E-state index contributed by atoms with van der Waals surface area (Å²) in [6, 6.07) is 3.81. The van der Waals surface area contributed by atoms with Gasteiger partial charge in [0, 0.05) is 29.9 Å². The summed E-state index contributed by atoms with van der Waals surface area (Å²) in [5.74, 6) is -4.78. The van der Waals surface area contributed by atoms with E-state index in [-0.39, 0.29) is 18.8 Å². The highest BCUT2D eigenvalue weighted by Gasteiger charge is 2.28. The number of amides is 3. The maximum atomic E-state index is 12.8. The number of hydrogen-bond donors (Lipinski definition) is 7. The van der Waals surface area contributed by atoms with Crippen molar-refractivity contribution >= 4 is 40.6 Å². The number of carboxylic acid groups (broad SMARTS) is 2. The molecule has 0 aliphatic heterocycles. The van der Waals surface area contributed by atoms with Crippen LogP contribution in [0.25, 0.3) is 10.9 Å². The molecule has 3 unspecified atom stereocenters. The Bertz CT molecular complexity index is 1080. The molecule has 0 aliphatic carbocycles. The average Bonchev–Trinajstić information content (AvgIpc) is 3.21. The maximum absolute atomic E-state index is 12.8. The van der Waals surface area contributed by atoms with Crippen molar-refractivity contribution in [2.75, 3.05) is 6.54 Å². The van der Waals surface area contributed by atoms with Crippen molar-refractivity contribution < 1.29 is 34.2 Å². The van der Waals surface area contributed by atoms with Crippen LogP contribution < -0.4 is 21.7 Å². The standard InChI is InChI=1S/C23H31N5O7/c1-12(2)20(24)22(33)26-11-18(29)27-16(7-8-19(30)31)21(32)28-17(23(34)35)9-13-10-25-15-6-4-3-5-14(13)15/h3-6,10,12,16-17,20,25H,7-9,11,24H2,1-2H3,(H,26,33)(H,27,29)(H,28,32)(H,30,31)(H,34,35). The number of aromatic amines is 1. The number of nitrogens with two attached hydrogens (primary N) is 1. The van der Waals surface area contributed by atoms with E-state index in [2.05, 4.69) is 20.9 Å². The van der Waals surface area contributed by atoms with E-state index in [0.29, 0.717) is 5.56 Å². The zero-order chi connectivity index (χ0) is 26.1. The highest BCUT2D eigenvalue weighted by molar-refractivity contribution is 5.93. The lowest BCUT2D eigenvalue weighted by Gasteiger charge is -2.21. The molecule has 1 aromatic carbocycles. The maximum Gasteiger partial charge on any atom is 0.326 e. The number of nitrogens with one attached hydrogen (secondary N) is 4. The summed E-state index contributed by atoms with van der Waals surface area (Å²) in [6.45, 7) is 3.01. The van der Waals surface area contributed by atoms with Crippen LogP contribution in [0, 0.1) is 5.92 Å². The largest absolute Gasteiger partial charge is 0.481 e. The van der Waals surface area contributed by atoms with Gasteiger partial charge in [-0.05, 0) is 24.0 Å². The monoisotopic (exact) mass is 489 g/mol. The van der Waals surface area contributed by atoms with Gasteiger partial charge in [0.25, 0.3) is 0 Å². The molecule has 8 N–H and O–H groups in total. The molecule has 0 saturated heterocycles. The molecule has 0 radical (unpaired) electrons. The fourth-order valence-corrected chi connectivity index (χ4v) is 3.36.